The fourth-order valence-electron chi connectivity index (χ4n) is 16.3. The Morgan fingerprint density at radius 3 is 0.902 bits per heavy atom. The molecule has 0 atom stereocenters. The predicted octanol–water partition coefficient (Wildman–Crippen LogP) is 26.4. The van der Waals surface area contributed by atoms with Gasteiger partial charge in [0.05, 0.1) is 44.1 Å². The van der Waals surface area contributed by atoms with E-state index in [9.17, 15) is 0 Å². The molecule has 4 nitrogen and oxygen atoms in total. The predicted molar refractivity (Wildman–Crippen MR) is 432 cm³/mol. The molecule has 0 saturated heterocycles. The van der Waals surface area contributed by atoms with Crippen molar-refractivity contribution in [1.82, 2.24) is 18.3 Å². The van der Waals surface area contributed by atoms with Crippen molar-refractivity contribution in [2.45, 2.75) is 0 Å². The third-order valence-electron chi connectivity index (χ3n) is 21.0. The molecule has 4 heteroatoms. The van der Waals surface area contributed by atoms with Crippen LogP contribution in [0.15, 0.2) is 388 Å². The van der Waals surface area contributed by atoms with Crippen molar-refractivity contribution in [2.24, 2.45) is 0 Å². The first-order valence-electron chi connectivity index (χ1n) is 35.1. The van der Waals surface area contributed by atoms with Crippen LogP contribution in [0.2, 0.25) is 0 Å². The van der Waals surface area contributed by atoms with Crippen molar-refractivity contribution in [3.05, 3.63) is 388 Å². The van der Waals surface area contributed by atoms with Gasteiger partial charge in [-0.25, -0.2) is 0 Å². The first-order valence-corrected chi connectivity index (χ1v) is 35.1. The van der Waals surface area contributed by atoms with Crippen LogP contribution in [0.4, 0.5) is 0 Å². The molecule has 0 N–H and O–H groups in total. The second-order valence-corrected chi connectivity index (χ2v) is 26.7. The average molecular weight is 1300 g/mol. The third-order valence-corrected chi connectivity index (χ3v) is 21.0. The van der Waals surface area contributed by atoms with Crippen molar-refractivity contribution in [3.63, 3.8) is 0 Å². The van der Waals surface area contributed by atoms with Gasteiger partial charge < -0.3 is 18.3 Å². The smallest absolute Gasteiger partial charge is 0.0541 e. The topological polar surface area (TPSA) is 19.7 Å². The summed E-state index contributed by atoms with van der Waals surface area (Å²) in [5.41, 5.74) is 26.6. The molecule has 4 aromatic heterocycles. The van der Waals surface area contributed by atoms with Gasteiger partial charge in [-0.05, 0) is 199 Å². The van der Waals surface area contributed by atoms with Gasteiger partial charge in [0.15, 0.2) is 0 Å². The molecule has 0 amide bonds. The molecular weight excluding hydrogens is 1230 g/mol. The van der Waals surface area contributed by atoms with Gasteiger partial charge in [-0.1, -0.05) is 267 Å². The number of hydrogen-bond donors (Lipinski definition) is 0. The van der Waals surface area contributed by atoms with E-state index < -0.39 is 0 Å². The summed E-state index contributed by atoms with van der Waals surface area (Å²) >= 11 is 0. The maximum Gasteiger partial charge on any atom is 0.0541 e. The maximum atomic E-state index is 2.42. The van der Waals surface area contributed by atoms with Crippen LogP contribution in [0.25, 0.3) is 187 Å². The van der Waals surface area contributed by atoms with Gasteiger partial charge in [0.1, 0.15) is 0 Å². The summed E-state index contributed by atoms with van der Waals surface area (Å²) in [6.07, 6.45) is 0. The highest BCUT2D eigenvalue weighted by Crippen LogP contribution is 2.43. The van der Waals surface area contributed by atoms with Crippen molar-refractivity contribution in [2.75, 3.05) is 0 Å². The minimum Gasteiger partial charge on any atom is -0.309 e. The van der Waals surface area contributed by atoms with Crippen LogP contribution in [-0.2, 0) is 0 Å². The first-order chi connectivity index (χ1) is 50.6. The molecule has 17 aromatic carbocycles. The molecule has 0 aliphatic heterocycles. The van der Waals surface area contributed by atoms with E-state index in [1.54, 1.807) is 0 Å². The molecule has 476 valence electrons. The first kappa shape index (κ1) is 58.6. The van der Waals surface area contributed by atoms with Crippen LogP contribution in [0.5, 0.6) is 0 Å². The maximum absolute atomic E-state index is 2.42. The van der Waals surface area contributed by atoms with Crippen molar-refractivity contribution in [3.8, 4) is 78.4 Å². The monoisotopic (exact) mass is 1300 g/mol. The molecule has 4 heterocycles. The highest BCUT2D eigenvalue weighted by Gasteiger charge is 2.20. The lowest BCUT2D eigenvalue weighted by Gasteiger charge is -2.12. The summed E-state index contributed by atoms with van der Waals surface area (Å²) in [7, 11) is 0. The van der Waals surface area contributed by atoms with Gasteiger partial charge >= 0.3 is 0 Å². The van der Waals surface area contributed by atoms with E-state index in [2.05, 4.69) is 407 Å². The van der Waals surface area contributed by atoms with Gasteiger partial charge in [-0.2, -0.15) is 0 Å². The Hall–Kier alpha value is -13.5. The summed E-state index contributed by atoms with van der Waals surface area (Å²) in [4.78, 5) is 0. The quantitative estimate of drug-likeness (QED) is 0.128. The molecular formula is C98H64N4. The van der Waals surface area contributed by atoms with Crippen molar-refractivity contribution in [1.29, 1.82) is 0 Å². The van der Waals surface area contributed by atoms with Crippen molar-refractivity contribution < 1.29 is 0 Å². The average Bonchev–Trinajstić information content (AvgIpc) is 1.59. The number of hydrogen-bond acceptors (Lipinski definition) is 0. The van der Waals surface area contributed by atoms with E-state index in [0.717, 1.165) is 11.4 Å². The zero-order chi connectivity index (χ0) is 67.2. The second-order valence-electron chi connectivity index (χ2n) is 26.7. The minimum atomic E-state index is 1.15. The van der Waals surface area contributed by atoms with Crippen LogP contribution in [0.1, 0.15) is 0 Å². The number of benzene rings is 17. The lowest BCUT2D eigenvalue weighted by molar-refractivity contribution is 1.18. The van der Waals surface area contributed by atoms with Crippen LogP contribution in [-0.4, -0.2) is 18.3 Å². The molecule has 0 aliphatic carbocycles. The number of aromatic nitrogens is 4. The van der Waals surface area contributed by atoms with Crippen LogP contribution >= 0.6 is 0 Å². The van der Waals surface area contributed by atoms with Crippen LogP contribution in [0, 0.1) is 0 Å². The summed E-state index contributed by atoms with van der Waals surface area (Å²) in [6, 6.07) is 141. The molecule has 0 spiro atoms. The number of rotatable bonds is 9. The summed E-state index contributed by atoms with van der Waals surface area (Å²) in [6.45, 7) is 0. The lowest BCUT2D eigenvalue weighted by Crippen LogP contribution is -1.94. The zero-order valence-electron chi connectivity index (χ0n) is 55.7. The standard InChI is InChI=1S/C50H32N2.C48H32N2/c1-2-11-33(12-3-1)35-14-10-15-39(29-35)51-47-19-8-6-17-43(47)45-31-36(23-27-49(45)51)37-24-28-50-46(32-37)44-18-7-9-20-48(44)52(50)40-25-26-42-38(30-40)22-21-34-13-4-5-16-41(34)42;1-3-13-33(14-4-1)39-17-7-8-18-40(39)34-23-27-38(28-24-34)50-46-22-12-10-20-42(46)44-32-36(26-30-48(44)50)35-25-29-47-43(31-35)41-19-9-11-21-45(41)49(47)37-15-5-2-6-16-37/h1-32H;1-32H. The summed E-state index contributed by atoms with van der Waals surface area (Å²) < 4.78 is 9.60. The Morgan fingerprint density at radius 2 is 0.422 bits per heavy atom. The number of nitrogens with zero attached hydrogens (tertiary/aromatic N) is 4. The molecule has 0 unspecified atom stereocenters. The SMILES string of the molecule is c1ccc(-c2cccc(-n3c4ccccc4c4cc(-c5ccc6c(c5)c5ccccc5n6-c5ccc6c(ccc7ccccc76)c5)ccc43)c2)cc1.c1ccc(-c2ccccc2-c2ccc(-n3c4ccccc4c4cc(-c5ccc6c(c5)c5ccccc5n6-c5ccccc5)ccc43)cc2)cc1. The molecule has 102 heavy (non-hydrogen) atoms. The molecule has 0 radical (unpaired) electrons. The second kappa shape index (κ2) is 24.2. The molecule has 0 aliphatic rings. The van der Waals surface area contributed by atoms with E-state index in [4.69, 9.17) is 0 Å². The Balaban J connectivity index is 0.000000137. The highest BCUT2D eigenvalue weighted by atomic mass is 15.0. The van der Waals surface area contributed by atoms with Crippen LogP contribution in [0.3, 0.4) is 0 Å². The fourth-order valence-corrected chi connectivity index (χ4v) is 16.3. The summed E-state index contributed by atoms with van der Waals surface area (Å²) in [5, 5.41) is 15.2. The minimum absolute atomic E-state index is 1.15. The van der Waals surface area contributed by atoms with Gasteiger partial charge in [0.25, 0.3) is 0 Å². The lowest BCUT2D eigenvalue weighted by atomic mass is 9.94. The van der Waals surface area contributed by atoms with E-state index >= 15 is 0 Å². The van der Waals surface area contributed by atoms with E-state index in [0.29, 0.717) is 0 Å². The molecule has 0 saturated carbocycles. The van der Waals surface area contributed by atoms with Crippen molar-refractivity contribution >= 4 is 109 Å². The zero-order valence-corrected chi connectivity index (χ0v) is 55.7. The number of fused-ring (bicyclic) bond motifs is 15. The van der Waals surface area contributed by atoms with Crippen LogP contribution < -0.4 is 0 Å². The third kappa shape index (κ3) is 9.75. The molecule has 0 bridgehead atoms. The largest absolute Gasteiger partial charge is 0.309 e. The summed E-state index contributed by atoms with van der Waals surface area (Å²) in [5.74, 6) is 0. The van der Waals surface area contributed by atoms with Gasteiger partial charge in [-0.3, -0.25) is 0 Å². The van der Waals surface area contributed by atoms with E-state index in [-0.39, 0.29) is 0 Å². The fraction of sp³-hybridized carbons (Fsp3) is 0. The van der Waals surface area contributed by atoms with Gasteiger partial charge in [-0.15, -0.1) is 0 Å². The van der Waals surface area contributed by atoms with E-state index in [1.807, 2.05) is 0 Å². The molecule has 0 fully saturated rings. The Bertz CT molecular complexity index is 6850. The normalized spacial score (nSPS) is 11.7. The van der Waals surface area contributed by atoms with Gasteiger partial charge in [0.2, 0.25) is 0 Å². The molecule has 21 rings (SSSR count). The molecule has 21 aromatic rings. The van der Waals surface area contributed by atoms with E-state index in [1.165, 1.54) is 176 Å². The number of para-hydroxylation sites is 5. The Labute approximate surface area is 590 Å². The highest BCUT2D eigenvalue weighted by molar-refractivity contribution is 6.16. The van der Waals surface area contributed by atoms with Gasteiger partial charge in [0, 0.05) is 65.8 Å². The Kier molecular flexibility index (Phi) is 13.9. The Morgan fingerprint density at radius 1 is 0.127 bits per heavy atom.